The molecule has 0 fully saturated rings. The summed E-state index contributed by atoms with van der Waals surface area (Å²) in [5.74, 6) is 0. The van der Waals surface area contributed by atoms with Crippen molar-refractivity contribution in [1.82, 2.24) is 0 Å². The molecule has 31 rings (SSSR count). The highest BCUT2D eigenvalue weighted by Crippen LogP contribution is 2.55. The van der Waals surface area contributed by atoms with Gasteiger partial charge in [-0.05, 0) is 225 Å². The Morgan fingerprint density at radius 2 is 0.559 bits per heavy atom. The van der Waals surface area contributed by atoms with Gasteiger partial charge in [0.25, 0.3) is 0 Å². The molecule has 0 atom stereocenters. The van der Waals surface area contributed by atoms with E-state index in [1.807, 2.05) is 57.5 Å². The normalized spacial score (nSPS) is 11.9. The highest BCUT2D eigenvalue weighted by molar-refractivity contribution is 7.28. The van der Waals surface area contributed by atoms with Gasteiger partial charge in [-0.1, -0.05) is 364 Å². The van der Waals surface area contributed by atoms with E-state index >= 15 is 0 Å². The third-order valence-electron chi connectivity index (χ3n) is 29.1. The number of benzene rings is 25. The Balaban J connectivity index is 0.000000102. The van der Waals surface area contributed by atoms with Crippen molar-refractivity contribution in [2.75, 3.05) is 14.7 Å². The largest absolute Gasteiger partial charge is 0.456 e. The van der Waals surface area contributed by atoms with Crippen LogP contribution in [0.4, 0.5) is 51.2 Å². The minimum Gasteiger partial charge on any atom is -0.456 e. The summed E-state index contributed by atoms with van der Waals surface area (Å²) in [5.41, 5.74) is 21.0. The Bertz CT molecular complexity index is 10500. The summed E-state index contributed by atoms with van der Waals surface area (Å²) < 4.78 is 23.6. The maximum absolute atomic E-state index is 6.95. The molecule has 6 heterocycles. The number of anilines is 9. The minimum atomic E-state index is 0.889. The van der Waals surface area contributed by atoms with Gasteiger partial charge in [0.2, 0.25) is 0 Å². The van der Waals surface area contributed by atoms with E-state index in [0.717, 1.165) is 94.8 Å². The van der Waals surface area contributed by atoms with Crippen LogP contribution < -0.4 is 14.7 Å². The van der Waals surface area contributed by atoms with E-state index in [4.69, 9.17) is 8.83 Å². The standard InChI is InChI=1S/C46H29NOS.C44H25NOS.C44H27NS2/c1-2-9-30(10-3-1)31-17-19-32(20-18-31)33-21-24-35(25-22-33)47(36-26-28-44-41(29-36)38-13-6-7-16-43(38)48-44)42-15-8-14-39-40-27-23-34-11-4-5-12-37(34)45(40)49-46(39)42;1-2-10-31-26(7-1)17-21-34-33-12-6-13-38(44(33)46-43(31)34)45(30-20-24-40-36(25-30)32-11-3-4-14-39(32)47-40)37-23-19-29-16-15-27-8-5-9-28-18-22-35(37)42(29)41(27)28;1-2-11-28(12-3-1)30-15-10-16-32(25-30)45(33-22-24-41-38(27-33)36-23-21-29-13-4-7-18-35(29)43(36)46-41)39-26-31-14-5-6-17-34(31)42-37-19-8-9-20-40(37)47-44(39)42/h1-29H;1-25H;1-27H. The number of rotatable bonds is 12. The molecule has 0 unspecified atom stereocenters. The van der Waals surface area contributed by atoms with Crippen LogP contribution in [0.25, 0.3) is 233 Å². The van der Waals surface area contributed by atoms with E-state index in [1.165, 1.54) is 190 Å². The summed E-state index contributed by atoms with van der Waals surface area (Å²) in [5, 5.41) is 32.5. The molecular weight excluding hydrogens is 1810 g/mol. The lowest BCUT2D eigenvalue weighted by Crippen LogP contribution is -2.11. The topological polar surface area (TPSA) is 36.0 Å². The predicted molar refractivity (Wildman–Crippen MR) is 620 cm³/mol. The summed E-state index contributed by atoms with van der Waals surface area (Å²) in [4.78, 5) is 7.31. The fraction of sp³-hybridized carbons (Fsp3) is 0. The van der Waals surface area contributed by atoms with Crippen LogP contribution in [0, 0.1) is 0 Å². The van der Waals surface area contributed by atoms with Gasteiger partial charge in [0.1, 0.15) is 16.7 Å². The molecule has 143 heavy (non-hydrogen) atoms. The molecule has 9 heteroatoms. The van der Waals surface area contributed by atoms with Gasteiger partial charge in [-0.15, -0.1) is 45.3 Å². The van der Waals surface area contributed by atoms with Crippen molar-refractivity contribution in [3.05, 3.63) is 491 Å². The average molecular weight is 1890 g/mol. The highest BCUT2D eigenvalue weighted by atomic mass is 32.1. The van der Waals surface area contributed by atoms with Crippen LogP contribution in [0.15, 0.2) is 500 Å². The molecule has 0 aliphatic rings. The average Bonchev–Trinajstić information content (AvgIpc) is 1.72. The summed E-state index contributed by atoms with van der Waals surface area (Å²) in [6, 6.07) is 179. The molecule has 0 radical (unpaired) electrons. The second kappa shape index (κ2) is 33.6. The third kappa shape index (κ3) is 13.7. The fourth-order valence-corrected chi connectivity index (χ4v) is 27.2. The number of thiophene rings is 4. The monoisotopic (exact) mass is 1890 g/mol. The van der Waals surface area contributed by atoms with Gasteiger partial charge in [0.15, 0.2) is 5.58 Å². The van der Waals surface area contributed by atoms with Crippen molar-refractivity contribution >= 4 is 297 Å². The Hall–Kier alpha value is -17.5. The highest BCUT2D eigenvalue weighted by Gasteiger charge is 2.29. The van der Waals surface area contributed by atoms with Crippen LogP contribution in [-0.4, -0.2) is 0 Å². The molecule has 0 saturated heterocycles. The van der Waals surface area contributed by atoms with Crippen LogP contribution in [-0.2, 0) is 0 Å². The van der Waals surface area contributed by atoms with Gasteiger partial charge in [-0.2, -0.15) is 0 Å². The zero-order valence-corrected chi connectivity index (χ0v) is 80.3. The van der Waals surface area contributed by atoms with Crippen molar-refractivity contribution in [2.45, 2.75) is 0 Å². The lowest BCUT2D eigenvalue weighted by molar-refractivity contribution is 0.669. The molecule has 0 spiro atoms. The van der Waals surface area contributed by atoms with Crippen molar-refractivity contribution < 1.29 is 8.83 Å². The van der Waals surface area contributed by atoms with Gasteiger partial charge >= 0.3 is 0 Å². The third-order valence-corrected chi connectivity index (χ3v) is 33.9. The van der Waals surface area contributed by atoms with E-state index in [-0.39, 0.29) is 0 Å². The van der Waals surface area contributed by atoms with Gasteiger partial charge < -0.3 is 23.5 Å². The first kappa shape index (κ1) is 82.5. The molecule has 6 aromatic heterocycles. The second-order valence-electron chi connectivity index (χ2n) is 37.1. The first-order valence-corrected chi connectivity index (χ1v) is 51.8. The zero-order valence-electron chi connectivity index (χ0n) is 77.1. The van der Waals surface area contributed by atoms with Gasteiger partial charge in [-0.25, -0.2) is 0 Å². The van der Waals surface area contributed by atoms with Crippen molar-refractivity contribution in [2.24, 2.45) is 0 Å². The van der Waals surface area contributed by atoms with Gasteiger partial charge in [0.05, 0.1) is 32.1 Å². The van der Waals surface area contributed by atoms with Crippen LogP contribution in [0.1, 0.15) is 0 Å². The first-order valence-electron chi connectivity index (χ1n) is 48.5. The molecule has 0 bridgehead atoms. The summed E-state index contributed by atoms with van der Waals surface area (Å²) >= 11 is 7.52. The number of furan rings is 2. The summed E-state index contributed by atoms with van der Waals surface area (Å²) in [6.07, 6.45) is 0. The van der Waals surface area contributed by atoms with Gasteiger partial charge in [-0.3, -0.25) is 0 Å². The van der Waals surface area contributed by atoms with E-state index in [1.54, 1.807) is 0 Å². The van der Waals surface area contributed by atoms with Crippen LogP contribution in [0.3, 0.4) is 0 Å². The van der Waals surface area contributed by atoms with Crippen LogP contribution in [0.2, 0.25) is 0 Å². The lowest BCUT2D eigenvalue weighted by atomic mass is 9.93. The van der Waals surface area contributed by atoms with Crippen LogP contribution in [0.5, 0.6) is 0 Å². The fourth-order valence-electron chi connectivity index (χ4n) is 22.4. The maximum Gasteiger partial charge on any atom is 0.159 e. The van der Waals surface area contributed by atoms with Gasteiger partial charge in [0, 0.05) is 132 Å². The molecule has 0 N–H and O–H groups in total. The lowest BCUT2D eigenvalue weighted by Gasteiger charge is -2.28. The molecule has 0 saturated carbocycles. The quantitative estimate of drug-likeness (QED) is 0.114. The van der Waals surface area contributed by atoms with E-state index in [2.05, 4.69) is 494 Å². The first-order chi connectivity index (χ1) is 70.9. The minimum absolute atomic E-state index is 0.889. The molecule has 5 nitrogen and oxygen atoms in total. The zero-order chi connectivity index (χ0) is 93.8. The maximum atomic E-state index is 6.95. The Kier molecular flexibility index (Phi) is 19.4. The number of hydrogen-bond acceptors (Lipinski definition) is 9. The van der Waals surface area contributed by atoms with E-state index in [0.29, 0.717) is 0 Å². The Morgan fingerprint density at radius 1 is 0.147 bits per heavy atom. The second-order valence-corrected chi connectivity index (χ2v) is 41.3. The molecule has 0 aliphatic carbocycles. The molecule has 31 aromatic rings. The van der Waals surface area contributed by atoms with Crippen molar-refractivity contribution in [1.29, 1.82) is 0 Å². The number of para-hydroxylation sites is 2. The number of fused-ring (bicyclic) bond motifs is 26. The molecule has 0 amide bonds. The SMILES string of the molecule is c1ccc(-c2ccc(-c3ccc(N(c4ccc5oc6ccccc6c5c4)c4cccc5c4sc4c6ccccc6ccc54)cc3)cc2)cc1.c1ccc(-c2cccc(N(c3ccc4sc5c6ccccc6ccc5c4c3)c3cc4ccccc4c4c3sc3ccccc34)c2)cc1.c1ccc2c(c1)ccc1c3cccc(N(c4ccc5sc6ccccc6c5c4)c4ccc5ccc6cccc7ccc4c5c67)c3oc21. The Morgan fingerprint density at radius 3 is 1.27 bits per heavy atom. The molecular formula is C134H81N3O2S4. The van der Waals surface area contributed by atoms with E-state index < -0.39 is 0 Å². The van der Waals surface area contributed by atoms with Crippen LogP contribution >= 0.6 is 45.3 Å². The smallest absolute Gasteiger partial charge is 0.159 e. The number of hydrogen-bond donors (Lipinski definition) is 0. The summed E-state index contributed by atoms with van der Waals surface area (Å²) in [6.45, 7) is 0. The van der Waals surface area contributed by atoms with Crippen molar-refractivity contribution in [3.63, 3.8) is 0 Å². The summed E-state index contributed by atoms with van der Waals surface area (Å²) in [7, 11) is 0. The number of nitrogens with zero attached hydrogens (tertiary/aromatic N) is 3. The molecule has 25 aromatic carbocycles. The Labute approximate surface area is 837 Å². The van der Waals surface area contributed by atoms with E-state index in [9.17, 15) is 0 Å². The molecule has 668 valence electrons. The van der Waals surface area contributed by atoms with Crippen molar-refractivity contribution in [3.8, 4) is 33.4 Å². The predicted octanol–water partition coefficient (Wildman–Crippen LogP) is 41.3. The molecule has 0 aliphatic heterocycles.